The summed E-state index contributed by atoms with van der Waals surface area (Å²) in [5.74, 6) is -2.84. The molecule has 0 bridgehead atoms. The lowest BCUT2D eigenvalue weighted by Crippen LogP contribution is -2.45. The van der Waals surface area contributed by atoms with Crippen molar-refractivity contribution in [2.45, 2.75) is 12.5 Å². The number of amides is 1. The molecular weight excluding hydrogens is 354 g/mol. The Morgan fingerprint density at radius 3 is 2.62 bits per heavy atom. The van der Waals surface area contributed by atoms with Crippen LogP contribution in [-0.2, 0) is 14.4 Å². The first-order valence-electron chi connectivity index (χ1n) is 6.69. The monoisotopic (exact) mass is 367 g/mol. The van der Waals surface area contributed by atoms with Gasteiger partial charge in [0.2, 0.25) is 0 Å². The highest BCUT2D eigenvalue weighted by molar-refractivity contribution is 8.26. The second kappa shape index (κ2) is 7.45. The average molecular weight is 367 g/mol. The molecule has 0 aliphatic carbocycles. The van der Waals surface area contributed by atoms with Crippen molar-refractivity contribution in [3.63, 3.8) is 0 Å². The number of carbonyl (C=O) groups is 3. The van der Waals surface area contributed by atoms with E-state index in [1.807, 2.05) is 0 Å². The first kappa shape index (κ1) is 18.0. The zero-order valence-electron chi connectivity index (χ0n) is 12.5. The maximum absolute atomic E-state index is 12.5. The third kappa shape index (κ3) is 3.74. The third-order valence-electron chi connectivity index (χ3n) is 3.21. The zero-order chi connectivity index (χ0) is 17.9. The van der Waals surface area contributed by atoms with E-state index < -0.39 is 30.3 Å². The molecule has 1 unspecified atom stereocenters. The number of hydrogen-bond donors (Lipinski definition) is 2. The molecule has 1 aliphatic rings. The first-order chi connectivity index (χ1) is 11.3. The quantitative estimate of drug-likeness (QED) is 0.580. The van der Waals surface area contributed by atoms with Crippen molar-refractivity contribution in [2.75, 3.05) is 7.11 Å². The minimum Gasteiger partial charge on any atom is -0.496 e. The molecule has 1 heterocycles. The number of aliphatic carboxylic acids is 2. The Kier molecular flexibility index (Phi) is 5.58. The molecule has 24 heavy (non-hydrogen) atoms. The van der Waals surface area contributed by atoms with Gasteiger partial charge in [-0.1, -0.05) is 42.2 Å². The highest BCUT2D eigenvalue weighted by atomic mass is 32.2. The van der Waals surface area contributed by atoms with Crippen molar-refractivity contribution in [1.29, 1.82) is 0 Å². The number of carbonyl (C=O) groups excluding carboxylic acids is 1. The minimum absolute atomic E-state index is 0.00907. The number of thioether (sulfide) groups is 1. The van der Waals surface area contributed by atoms with Gasteiger partial charge in [0.05, 0.1) is 18.4 Å². The van der Waals surface area contributed by atoms with Crippen LogP contribution in [0.2, 0.25) is 0 Å². The summed E-state index contributed by atoms with van der Waals surface area (Å²) >= 11 is 5.99. The predicted molar refractivity (Wildman–Crippen MR) is 91.7 cm³/mol. The van der Waals surface area contributed by atoms with Crippen LogP contribution in [0.15, 0.2) is 29.2 Å². The van der Waals surface area contributed by atoms with Crippen LogP contribution in [0.25, 0.3) is 6.08 Å². The van der Waals surface area contributed by atoms with Crippen molar-refractivity contribution in [3.05, 3.63) is 34.7 Å². The second-order valence-electron chi connectivity index (χ2n) is 4.75. The van der Waals surface area contributed by atoms with E-state index in [1.165, 1.54) is 13.2 Å². The van der Waals surface area contributed by atoms with Gasteiger partial charge in [-0.3, -0.25) is 14.5 Å². The highest BCUT2D eigenvalue weighted by Crippen LogP contribution is 2.35. The van der Waals surface area contributed by atoms with Crippen LogP contribution >= 0.6 is 24.0 Å². The molecule has 1 saturated heterocycles. The summed E-state index contributed by atoms with van der Waals surface area (Å²) in [6.07, 6.45) is 0.807. The predicted octanol–water partition coefficient (Wildman–Crippen LogP) is 1.82. The van der Waals surface area contributed by atoms with Crippen molar-refractivity contribution in [3.8, 4) is 5.75 Å². The van der Waals surface area contributed by atoms with E-state index in [4.69, 9.17) is 22.1 Å². The fraction of sp³-hybridized carbons (Fsp3) is 0.200. The molecule has 1 atom stereocenters. The fourth-order valence-electron chi connectivity index (χ4n) is 2.13. The van der Waals surface area contributed by atoms with Gasteiger partial charge in [-0.25, -0.2) is 4.79 Å². The molecule has 2 N–H and O–H groups in total. The largest absolute Gasteiger partial charge is 0.496 e. The van der Waals surface area contributed by atoms with Crippen LogP contribution < -0.4 is 4.74 Å². The molecule has 1 aromatic carbocycles. The molecule has 0 radical (unpaired) electrons. The van der Waals surface area contributed by atoms with Gasteiger partial charge in [-0.05, 0) is 12.1 Å². The van der Waals surface area contributed by atoms with Crippen LogP contribution in [0.4, 0.5) is 0 Å². The molecule has 7 nitrogen and oxygen atoms in total. The van der Waals surface area contributed by atoms with E-state index in [2.05, 4.69) is 0 Å². The minimum atomic E-state index is -1.54. The smallest absolute Gasteiger partial charge is 0.327 e. The Morgan fingerprint density at radius 2 is 2.04 bits per heavy atom. The van der Waals surface area contributed by atoms with Crippen molar-refractivity contribution in [1.82, 2.24) is 4.90 Å². The van der Waals surface area contributed by atoms with Gasteiger partial charge < -0.3 is 14.9 Å². The summed E-state index contributed by atoms with van der Waals surface area (Å²) in [5, 5.41) is 18.1. The molecular formula is C15H13NO6S2. The van der Waals surface area contributed by atoms with Crippen LogP contribution in [0.1, 0.15) is 12.0 Å². The third-order valence-corrected chi connectivity index (χ3v) is 4.54. The molecule has 1 fully saturated rings. The zero-order valence-corrected chi connectivity index (χ0v) is 14.1. The molecule has 1 aliphatic heterocycles. The topological polar surface area (TPSA) is 104 Å². The summed E-state index contributed by atoms with van der Waals surface area (Å²) in [6, 6.07) is 5.45. The Labute approximate surface area is 146 Å². The summed E-state index contributed by atoms with van der Waals surface area (Å²) in [4.78, 5) is 35.7. The van der Waals surface area contributed by atoms with E-state index >= 15 is 0 Å². The Morgan fingerprint density at radius 1 is 1.38 bits per heavy atom. The van der Waals surface area contributed by atoms with Gasteiger partial charge in [-0.2, -0.15) is 0 Å². The number of carboxylic acids is 2. The number of carboxylic acid groups (broad SMARTS) is 2. The van der Waals surface area contributed by atoms with Gasteiger partial charge in [0.25, 0.3) is 5.91 Å². The van der Waals surface area contributed by atoms with Gasteiger partial charge >= 0.3 is 11.9 Å². The van der Waals surface area contributed by atoms with Gasteiger partial charge in [0.1, 0.15) is 16.1 Å². The van der Waals surface area contributed by atoms with E-state index in [0.29, 0.717) is 11.3 Å². The van der Waals surface area contributed by atoms with E-state index in [0.717, 1.165) is 16.7 Å². The number of ether oxygens (including phenoxy) is 1. The van der Waals surface area contributed by atoms with Gasteiger partial charge in [0.15, 0.2) is 0 Å². The standard InChI is InChI=1S/C15H13NO6S2/c1-22-10-5-3-2-4-8(10)6-11-13(19)16(15(23)24-11)9(14(20)21)7-12(17)18/h2-6,9H,7H2,1H3,(H,17,18)(H,20,21)/b11-6-. The average Bonchev–Trinajstić information content (AvgIpc) is 2.79. The lowest BCUT2D eigenvalue weighted by molar-refractivity contribution is -0.150. The summed E-state index contributed by atoms with van der Waals surface area (Å²) in [6.45, 7) is 0. The number of nitrogens with zero attached hydrogens (tertiary/aromatic N) is 1. The van der Waals surface area contributed by atoms with Crippen LogP contribution in [0.3, 0.4) is 0 Å². The van der Waals surface area contributed by atoms with E-state index in [-0.39, 0.29) is 9.23 Å². The number of benzene rings is 1. The molecule has 0 aromatic heterocycles. The number of methoxy groups -OCH3 is 1. The van der Waals surface area contributed by atoms with Crippen molar-refractivity contribution < 1.29 is 29.3 Å². The van der Waals surface area contributed by atoms with E-state index in [1.54, 1.807) is 24.3 Å². The number of thiocarbonyl (C=S) groups is 1. The normalized spacial score (nSPS) is 17.2. The molecule has 1 amide bonds. The first-order valence-corrected chi connectivity index (χ1v) is 7.92. The van der Waals surface area contributed by atoms with Crippen molar-refractivity contribution >= 4 is 52.2 Å². The number of hydrogen-bond acceptors (Lipinski definition) is 6. The van der Waals surface area contributed by atoms with Gasteiger partial charge in [-0.15, -0.1) is 0 Å². The summed E-state index contributed by atoms with van der Waals surface area (Å²) in [7, 11) is 1.49. The molecule has 0 saturated carbocycles. The molecule has 0 spiro atoms. The molecule has 126 valence electrons. The Balaban J connectivity index is 2.36. The van der Waals surface area contributed by atoms with Crippen LogP contribution in [-0.4, -0.2) is 50.4 Å². The second-order valence-corrected chi connectivity index (χ2v) is 6.42. The Hall–Kier alpha value is -2.39. The lowest BCUT2D eigenvalue weighted by Gasteiger charge is -2.21. The lowest BCUT2D eigenvalue weighted by atomic mass is 10.1. The van der Waals surface area contributed by atoms with Crippen molar-refractivity contribution in [2.24, 2.45) is 0 Å². The Bertz CT molecular complexity index is 745. The summed E-state index contributed by atoms with van der Waals surface area (Å²) < 4.78 is 5.21. The molecule has 9 heteroatoms. The molecule has 2 rings (SSSR count). The van der Waals surface area contributed by atoms with Gasteiger partial charge in [0, 0.05) is 5.56 Å². The van der Waals surface area contributed by atoms with E-state index in [9.17, 15) is 19.5 Å². The maximum atomic E-state index is 12.5. The van der Waals surface area contributed by atoms with Crippen LogP contribution in [0.5, 0.6) is 5.75 Å². The summed E-state index contributed by atoms with van der Waals surface area (Å²) in [5.41, 5.74) is 0.630. The highest BCUT2D eigenvalue weighted by Gasteiger charge is 2.41. The number of para-hydroxylation sites is 1. The molecule has 1 aromatic rings. The SMILES string of the molecule is COc1ccccc1/C=C1\SC(=S)N(C(CC(=O)O)C(=O)O)C1=O. The number of rotatable bonds is 6. The fourth-order valence-corrected chi connectivity index (χ4v) is 3.48. The van der Waals surface area contributed by atoms with Crippen LogP contribution in [0, 0.1) is 0 Å². The maximum Gasteiger partial charge on any atom is 0.327 e.